The van der Waals surface area contributed by atoms with E-state index >= 15 is 0 Å². The van der Waals surface area contributed by atoms with E-state index in [2.05, 4.69) is 32.6 Å². The van der Waals surface area contributed by atoms with Crippen LogP contribution in [0.4, 0.5) is 0 Å². The molecule has 1 saturated heterocycles. The number of carbonyl (C=O) groups excluding carboxylic acids is 2. The summed E-state index contributed by atoms with van der Waals surface area (Å²) in [6, 6.07) is -0.0979. The molecule has 1 aromatic heterocycles. The minimum absolute atomic E-state index is 0.0256. The smallest absolute Gasteiger partial charge is 0.323 e. The van der Waals surface area contributed by atoms with Gasteiger partial charge >= 0.3 is 5.97 Å². The van der Waals surface area contributed by atoms with Gasteiger partial charge in [0, 0.05) is 18.1 Å². The maximum atomic E-state index is 12.8. The van der Waals surface area contributed by atoms with Gasteiger partial charge in [0.2, 0.25) is 0 Å². The molecule has 8 heteroatoms. The zero-order valence-corrected chi connectivity index (χ0v) is 21.7. The maximum Gasteiger partial charge on any atom is 0.323 e. The van der Waals surface area contributed by atoms with Crippen LogP contribution in [0, 0.1) is 5.92 Å². The number of nitrogens with zero attached hydrogens (tertiary/aromatic N) is 3. The summed E-state index contributed by atoms with van der Waals surface area (Å²) in [5, 5.41) is 3.16. The Balaban J connectivity index is 0.000000479. The number of thiazole rings is 1. The van der Waals surface area contributed by atoms with Gasteiger partial charge in [-0.2, -0.15) is 0 Å². The molecule has 0 amide bonds. The second kappa shape index (κ2) is 13.8. The van der Waals surface area contributed by atoms with E-state index in [9.17, 15) is 9.59 Å². The Labute approximate surface area is 203 Å². The van der Waals surface area contributed by atoms with Gasteiger partial charge in [0.1, 0.15) is 16.7 Å². The molecule has 0 aliphatic carbocycles. The molecule has 0 aromatic carbocycles. The van der Waals surface area contributed by atoms with Gasteiger partial charge in [-0.25, -0.2) is 4.98 Å². The summed E-state index contributed by atoms with van der Waals surface area (Å²) in [5.74, 6) is 0.374. The highest BCUT2D eigenvalue weighted by Gasteiger charge is 2.36. The highest BCUT2D eigenvalue weighted by Crippen LogP contribution is 2.29. The summed E-state index contributed by atoms with van der Waals surface area (Å²) in [4.78, 5) is 31.7. The third-order valence-corrected chi connectivity index (χ3v) is 6.80. The number of ether oxygens (including phenoxy) is 2. The molecule has 33 heavy (non-hydrogen) atoms. The van der Waals surface area contributed by atoms with Crippen LogP contribution in [0.25, 0.3) is 5.57 Å². The number of likely N-dealkylation sites (tertiary alicyclic amines) is 1. The van der Waals surface area contributed by atoms with Gasteiger partial charge in [0.25, 0.3) is 6.47 Å². The van der Waals surface area contributed by atoms with Gasteiger partial charge < -0.3 is 14.4 Å². The van der Waals surface area contributed by atoms with Crippen LogP contribution in [0.2, 0.25) is 0 Å². The van der Waals surface area contributed by atoms with Gasteiger partial charge in [0.05, 0.1) is 6.61 Å². The van der Waals surface area contributed by atoms with E-state index in [-0.39, 0.29) is 17.6 Å². The highest BCUT2D eigenvalue weighted by molar-refractivity contribution is 7.10. The minimum atomic E-state index is -0.318. The van der Waals surface area contributed by atoms with E-state index < -0.39 is 0 Å². The summed E-state index contributed by atoms with van der Waals surface area (Å²) in [6.45, 7) is 12.3. The fourth-order valence-corrected chi connectivity index (χ4v) is 4.97. The van der Waals surface area contributed by atoms with E-state index in [4.69, 9.17) is 4.74 Å². The largest absolute Gasteiger partial charge is 0.465 e. The van der Waals surface area contributed by atoms with Crippen LogP contribution >= 0.6 is 11.3 Å². The van der Waals surface area contributed by atoms with E-state index in [0.29, 0.717) is 19.0 Å². The number of piperidine rings is 1. The molecule has 3 rings (SSSR count). The first-order valence-electron chi connectivity index (χ1n) is 12.0. The van der Waals surface area contributed by atoms with Crippen molar-refractivity contribution in [1.82, 2.24) is 14.8 Å². The van der Waals surface area contributed by atoms with Crippen molar-refractivity contribution in [3.63, 3.8) is 0 Å². The molecular weight excluding hydrogens is 438 g/mol. The number of allylic oxidation sites excluding steroid dienone is 1. The summed E-state index contributed by atoms with van der Waals surface area (Å²) < 4.78 is 10.0. The molecule has 0 saturated carbocycles. The molecule has 3 heterocycles. The molecule has 1 atom stereocenters. The van der Waals surface area contributed by atoms with Gasteiger partial charge in [-0.1, -0.05) is 6.08 Å². The van der Waals surface area contributed by atoms with Gasteiger partial charge in [-0.3, -0.25) is 14.5 Å². The fourth-order valence-electron chi connectivity index (χ4n) is 4.26. The van der Waals surface area contributed by atoms with Crippen molar-refractivity contribution in [3.8, 4) is 0 Å². The fraction of sp³-hybridized carbons (Fsp3) is 0.720. The first-order chi connectivity index (χ1) is 15.7. The van der Waals surface area contributed by atoms with Crippen LogP contribution in [-0.4, -0.2) is 78.7 Å². The number of esters is 1. The molecule has 1 aromatic rings. The number of carbonyl (C=O) groups is 2. The number of hydrogen-bond acceptors (Lipinski definition) is 8. The first kappa shape index (κ1) is 27.5. The third-order valence-electron chi connectivity index (χ3n) is 5.95. The Morgan fingerprint density at radius 1 is 1.27 bits per heavy atom. The molecule has 2 aliphatic rings. The molecule has 7 nitrogen and oxygen atoms in total. The van der Waals surface area contributed by atoms with Crippen LogP contribution in [0.1, 0.15) is 64.8 Å². The SMILES string of the molecule is CC(C)(C)OC=O.CCOC(=O)C(C1CCN(C)CC1)N1CCC/C=C(/c2nccs2)CC1. The molecule has 0 N–H and O–H groups in total. The van der Waals surface area contributed by atoms with Crippen LogP contribution in [-0.2, 0) is 19.1 Å². The summed E-state index contributed by atoms with van der Waals surface area (Å²) in [6.07, 6.45) is 9.45. The lowest BCUT2D eigenvalue weighted by Gasteiger charge is -2.39. The van der Waals surface area contributed by atoms with Crippen molar-refractivity contribution in [1.29, 1.82) is 0 Å². The second-order valence-corrected chi connectivity index (χ2v) is 10.6. The molecule has 1 fully saturated rings. The van der Waals surface area contributed by atoms with E-state index in [1.165, 1.54) is 5.57 Å². The minimum Gasteiger partial charge on any atom is -0.465 e. The molecule has 1 unspecified atom stereocenters. The lowest BCUT2D eigenvalue weighted by atomic mass is 9.87. The lowest BCUT2D eigenvalue weighted by molar-refractivity contribution is -0.152. The average Bonchev–Trinajstić information content (AvgIpc) is 3.26. The predicted molar refractivity (Wildman–Crippen MR) is 133 cm³/mol. The van der Waals surface area contributed by atoms with Crippen molar-refractivity contribution < 1.29 is 19.1 Å². The Hall–Kier alpha value is -1.77. The maximum absolute atomic E-state index is 12.8. The highest BCUT2D eigenvalue weighted by atomic mass is 32.1. The van der Waals surface area contributed by atoms with Gasteiger partial charge in [-0.15, -0.1) is 11.3 Å². The van der Waals surface area contributed by atoms with Crippen molar-refractivity contribution in [3.05, 3.63) is 22.7 Å². The Morgan fingerprint density at radius 3 is 2.55 bits per heavy atom. The van der Waals surface area contributed by atoms with Gasteiger partial charge in [-0.05, 0) is 98.0 Å². The number of hydrogen-bond donors (Lipinski definition) is 0. The molecule has 0 radical (unpaired) electrons. The molecular formula is C25H41N3O4S. The van der Waals surface area contributed by atoms with Crippen molar-refractivity contribution >= 4 is 29.4 Å². The normalized spacial score (nSPS) is 21.4. The van der Waals surface area contributed by atoms with Crippen LogP contribution in [0.3, 0.4) is 0 Å². The third kappa shape index (κ3) is 9.55. The average molecular weight is 480 g/mol. The van der Waals surface area contributed by atoms with E-state index in [0.717, 1.165) is 63.3 Å². The van der Waals surface area contributed by atoms with Crippen LogP contribution in [0.5, 0.6) is 0 Å². The number of aromatic nitrogens is 1. The topological polar surface area (TPSA) is 72.0 Å². The standard InChI is InChI=1S/C20H31N3O2S.C5H10O2/c1-3-25-20(24)18(16-7-12-22(2)13-8-16)23-11-5-4-6-17(9-14-23)19-21-10-15-26-19;1-5(2,3)7-4-6/h6,10,15-16,18H,3-5,7-9,11-14H2,1-2H3;4H,1-3H3/b17-6+;. The Kier molecular flexibility index (Phi) is 11.5. The summed E-state index contributed by atoms with van der Waals surface area (Å²) >= 11 is 1.70. The van der Waals surface area contributed by atoms with Crippen molar-refractivity contribution in [2.24, 2.45) is 5.92 Å². The van der Waals surface area contributed by atoms with Crippen molar-refractivity contribution in [2.75, 3.05) is 39.8 Å². The van der Waals surface area contributed by atoms with Gasteiger partial charge in [0.15, 0.2) is 0 Å². The summed E-state index contributed by atoms with van der Waals surface area (Å²) in [7, 11) is 2.16. The molecule has 0 bridgehead atoms. The monoisotopic (exact) mass is 479 g/mol. The Bertz CT molecular complexity index is 737. The summed E-state index contributed by atoms with van der Waals surface area (Å²) in [5.41, 5.74) is 1.01. The number of rotatable bonds is 6. The van der Waals surface area contributed by atoms with Crippen molar-refractivity contribution in [2.45, 2.75) is 71.4 Å². The zero-order valence-electron chi connectivity index (χ0n) is 20.9. The van der Waals surface area contributed by atoms with Crippen LogP contribution in [0.15, 0.2) is 17.7 Å². The predicted octanol–water partition coefficient (Wildman–Crippen LogP) is 4.24. The zero-order chi connectivity index (χ0) is 24.3. The molecule has 0 spiro atoms. The molecule has 186 valence electrons. The molecule has 2 aliphatic heterocycles. The second-order valence-electron chi connectivity index (χ2n) is 9.66. The van der Waals surface area contributed by atoms with Crippen LogP contribution < -0.4 is 0 Å². The lowest BCUT2D eigenvalue weighted by Crippen LogP contribution is -2.50. The van der Waals surface area contributed by atoms with E-state index in [1.807, 2.05) is 39.3 Å². The van der Waals surface area contributed by atoms with E-state index in [1.54, 1.807) is 11.3 Å². The quantitative estimate of drug-likeness (QED) is 0.446. The first-order valence-corrected chi connectivity index (χ1v) is 12.9. The Morgan fingerprint density at radius 2 is 2.00 bits per heavy atom.